The lowest BCUT2D eigenvalue weighted by molar-refractivity contribution is -0.132. The Kier molecular flexibility index (Phi) is 6.72. The van der Waals surface area contributed by atoms with Crippen molar-refractivity contribution in [2.24, 2.45) is 0 Å². The van der Waals surface area contributed by atoms with E-state index in [9.17, 15) is 14.7 Å². The van der Waals surface area contributed by atoms with Gasteiger partial charge in [0.2, 0.25) is 0 Å². The second kappa shape index (κ2) is 9.87. The highest BCUT2D eigenvalue weighted by molar-refractivity contribution is 6.51. The van der Waals surface area contributed by atoms with Gasteiger partial charge in [-0.2, -0.15) is 0 Å². The van der Waals surface area contributed by atoms with Crippen molar-refractivity contribution < 1.29 is 28.6 Å². The summed E-state index contributed by atoms with van der Waals surface area (Å²) in [5.74, 6) is 0.414. The highest BCUT2D eigenvalue weighted by Gasteiger charge is 2.48. The van der Waals surface area contributed by atoms with Crippen molar-refractivity contribution in [1.29, 1.82) is 0 Å². The zero-order valence-corrected chi connectivity index (χ0v) is 19.4. The van der Waals surface area contributed by atoms with Crippen LogP contribution in [0.4, 0.5) is 5.69 Å². The van der Waals surface area contributed by atoms with Gasteiger partial charge >= 0.3 is 0 Å². The molecule has 7 nitrogen and oxygen atoms in total. The highest BCUT2D eigenvalue weighted by atomic mass is 16.5. The molecule has 0 saturated carbocycles. The van der Waals surface area contributed by atoms with Gasteiger partial charge in [0.05, 0.1) is 18.8 Å². The van der Waals surface area contributed by atoms with Crippen molar-refractivity contribution >= 4 is 23.1 Å². The predicted molar refractivity (Wildman–Crippen MR) is 128 cm³/mol. The minimum atomic E-state index is -0.929. The molecule has 1 aliphatic rings. The number of amides is 1. The topological polar surface area (TPSA) is 89.2 Å². The first-order chi connectivity index (χ1) is 16.4. The summed E-state index contributed by atoms with van der Waals surface area (Å²) in [6.45, 7) is 6.69. The minimum Gasteiger partial charge on any atom is -0.507 e. The number of nitrogens with zero attached hydrogens (tertiary/aromatic N) is 1. The van der Waals surface area contributed by atoms with Gasteiger partial charge in [0, 0.05) is 17.3 Å². The van der Waals surface area contributed by atoms with Gasteiger partial charge in [-0.15, -0.1) is 0 Å². The minimum absolute atomic E-state index is 0.0385. The number of rotatable bonds is 8. The zero-order chi connectivity index (χ0) is 24.2. The average molecular weight is 462 g/mol. The molecule has 0 radical (unpaired) electrons. The summed E-state index contributed by atoms with van der Waals surface area (Å²) in [5.41, 5.74) is 0.830. The highest BCUT2D eigenvalue weighted by Crippen LogP contribution is 2.43. The van der Waals surface area contributed by atoms with Gasteiger partial charge in [-0.05, 0) is 68.8 Å². The zero-order valence-electron chi connectivity index (χ0n) is 19.4. The number of carbonyl (C=O) groups is 2. The molecule has 1 fully saturated rings. The molecule has 1 amide bonds. The molecule has 1 saturated heterocycles. The fraction of sp³-hybridized carbons (Fsp3) is 0.259. The van der Waals surface area contributed by atoms with Crippen molar-refractivity contribution in [2.75, 3.05) is 18.1 Å². The van der Waals surface area contributed by atoms with Crippen LogP contribution in [0.2, 0.25) is 0 Å². The molecule has 0 spiro atoms. The summed E-state index contributed by atoms with van der Waals surface area (Å²) in [6.07, 6.45) is 0.873. The first-order valence-electron chi connectivity index (χ1n) is 11.3. The van der Waals surface area contributed by atoms with E-state index in [-0.39, 0.29) is 11.3 Å². The average Bonchev–Trinajstić information content (AvgIpc) is 3.38. The van der Waals surface area contributed by atoms with Crippen molar-refractivity contribution in [3.8, 4) is 11.5 Å². The summed E-state index contributed by atoms with van der Waals surface area (Å²) in [7, 11) is 0. The maximum atomic E-state index is 13.2. The number of hydrogen-bond donors (Lipinski definition) is 1. The molecule has 0 bridgehead atoms. The van der Waals surface area contributed by atoms with E-state index in [0.717, 1.165) is 6.42 Å². The maximum absolute atomic E-state index is 13.2. The number of furan rings is 1. The third kappa shape index (κ3) is 4.41. The molecule has 4 rings (SSSR count). The Morgan fingerprint density at radius 3 is 2.41 bits per heavy atom. The van der Waals surface area contributed by atoms with Crippen LogP contribution in [0.15, 0.2) is 70.7 Å². The van der Waals surface area contributed by atoms with Crippen LogP contribution < -0.4 is 14.4 Å². The third-order valence-corrected chi connectivity index (χ3v) is 5.48. The number of Topliss-reactive ketones (excluding diaryl/α,β-unsaturated/α-hetero) is 1. The molecular weight excluding hydrogens is 434 g/mol. The molecule has 7 heteroatoms. The molecule has 1 unspecified atom stereocenters. The summed E-state index contributed by atoms with van der Waals surface area (Å²) in [4.78, 5) is 27.8. The summed E-state index contributed by atoms with van der Waals surface area (Å²) >= 11 is 0. The molecule has 3 aromatic rings. The molecule has 1 atom stereocenters. The van der Waals surface area contributed by atoms with E-state index in [2.05, 4.69) is 0 Å². The van der Waals surface area contributed by atoms with Crippen LogP contribution in [0.1, 0.15) is 43.4 Å². The normalized spacial score (nSPS) is 17.3. The summed E-state index contributed by atoms with van der Waals surface area (Å²) < 4.78 is 17.0. The molecule has 0 aliphatic carbocycles. The number of aliphatic hydroxyl groups excluding tert-OH is 1. The molecule has 34 heavy (non-hydrogen) atoms. The van der Waals surface area contributed by atoms with Gasteiger partial charge in [0.15, 0.2) is 0 Å². The smallest absolute Gasteiger partial charge is 0.300 e. The van der Waals surface area contributed by atoms with Crippen LogP contribution in [0.5, 0.6) is 11.5 Å². The molecule has 1 aliphatic heterocycles. The number of hydrogen-bond acceptors (Lipinski definition) is 6. The van der Waals surface area contributed by atoms with Crippen molar-refractivity contribution in [3.05, 3.63) is 83.3 Å². The monoisotopic (exact) mass is 461 g/mol. The Morgan fingerprint density at radius 1 is 1.00 bits per heavy atom. The SMILES string of the molecule is CCCOc1ccc(/C(O)=C2/C(=O)C(=O)N(c3cccc(OCC)c3)C2c2ccc(C)o2)cc1. The van der Waals surface area contributed by atoms with Crippen LogP contribution in [0.25, 0.3) is 5.76 Å². The number of benzene rings is 2. The van der Waals surface area contributed by atoms with Crippen LogP contribution in [-0.2, 0) is 9.59 Å². The number of aliphatic hydroxyl groups is 1. The predicted octanol–water partition coefficient (Wildman–Crippen LogP) is 5.40. The molecule has 2 heterocycles. The van der Waals surface area contributed by atoms with Crippen LogP contribution in [-0.4, -0.2) is 30.0 Å². The molecule has 1 aromatic heterocycles. The van der Waals surface area contributed by atoms with Gasteiger partial charge in [-0.1, -0.05) is 13.0 Å². The first kappa shape index (κ1) is 23.2. The van der Waals surface area contributed by atoms with E-state index in [1.165, 1.54) is 4.90 Å². The van der Waals surface area contributed by atoms with E-state index in [0.29, 0.717) is 47.5 Å². The Bertz CT molecular complexity index is 1220. The van der Waals surface area contributed by atoms with Crippen molar-refractivity contribution in [2.45, 2.75) is 33.2 Å². The van der Waals surface area contributed by atoms with E-state index >= 15 is 0 Å². The second-order valence-corrected chi connectivity index (χ2v) is 7.92. The fourth-order valence-corrected chi connectivity index (χ4v) is 3.94. The summed E-state index contributed by atoms with van der Waals surface area (Å²) in [5, 5.41) is 11.2. The molecule has 176 valence electrons. The van der Waals surface area contributed by atoms with Gasteiger partial charge in [-0.3, -0.25) is 14.5 Å². The van der Waals surface area contributed by atoms with E-state index in [4.69, 9.17) is 13.9 Å². The lowest BCUT2D eigenvalue weighted by Crippen LogP contribution is -2.29. The molecule has 1 N–H and O–H groups in total. The quantitative estimate of drug-likeness (QED) is 0.274. The van der Waals surface area contributed by atoms with Gasteiger partial charge in [0.25, 0.3) is 11.7 Å². The Labute approximate surface area is 198 Å². The van der Waals surface area contributed by atoms with Crippen molar-refractivity contribution in [1.82, 2.24) is 0 Å². The molecule has 2 aromatic carbocycles. The van der Waals surface area contributed by atoms with Gasteiger partial charge in [0.1, 0.15) is 34.8 Å². The largest absolute Gasteiger partial charge is 0.507 e. The number of anilines is 1. The number of ketones is 1. The second-order valence-electron chi connectivity index (χ2n) is 7.92. The number of ether oxygens (including phenoxy) is 2. The maximum Gasteiger partial charge on any atom is 0.300 e. The van der Waals surface area contributed by atoms with E-state index in [1.807, 2.05) is 13.8 Å². The number of aryl methyl sites for hydroxylation is 1. The van der Waals surface area contributed by atoms with Crippen LogP contribution >= 0.6 is 0 Å². The van der Waals surface area contributed by atoms with Crippen LogP contribution in [0.3, 0.4) is 0 Å². The summed E-state index contributed by atoms with van der Waals surface area (Å²) in [6, 6.07) is 16.2. The Hall–Kier alpha value is -4.00. The molecular formula is C27H27NO6. The third-order valence-electron chi connectivity index (χ3n) is 5.48. The first-order valence-corrected chi connectivity index (χ1v) is 11.3. The standard InChI is InChI=1S/C27H27NO6/c1-4-15-33-20-12-10-18(11-13-20)25(29)23-24(22-14-9-17(3)34-22)28(27(31)26(23)30)19-7-6-8-21(16-19)32-5-2/h6-14,16,24,29H,4-5,15H2,1-3H3/b25-23-. The van der Waals surface area contributed by atoms with E-state index in [1.54, 1.807) is 67.6 Å². The lowest BCUT2D eigenvalue weighted by atomic mass is 9.99. The Morgan fingerprint density at radius 2 is 1.76 bits per heavy atom. The fourth-order valence-electron chi connectivity index (χ4n) is 3.94. The van der Waals surface area contributed by atoms with Crippen molar-refractivity contribution in [3.63, 3.8) is 0 Å². The number of carbonyl (C=O) groups excluding carboxylic acids is 2. The van der Waals surface area contributed by atoms with Gasteiger partial charge in [-0.25, -0.2) is 0 Å². The van der Waals surface area contributed by atoms with E-state index < -0.39 is 17.7 Å². The van der Waals surface area contributed by atoms with Gasteiger partial charge < -0.3 is 19.0 Å². The Balaban J connectivity index is 1.82. The van der Waals surface area contributed by atoms with Crippen LogP contribution in [0, 0.1) is 6.92 Å². The lowest BCUT2D eigenvalue weighted by Gasteiger charge is -2.24.